The highest BCUT2D eigenvalue weighted by Crippen LogP contribution is 2.58. The summed E-state index contributed by atoms with van der Waals surface area (Å²) in [5.41, 5.74) is 1.44. The van der Waals surface area contributed by atoms with E-state index >= 15 is 0 Å². The molecule has 3 atom stereocenters. The Balaban J connectivity index is 1.86. The van der Waals surface area contributed by atoms with Gasteiger partial charge in [0.25, 0.3) is 0 Å². The summed E-state index contributed by atoms with van der Waals surface area (Å²) >= 11 is 0. The number of fused-ring (bicyclic) bond motifs is 1. The van der Waals surface area contributed by atoms with Gasteiger partial charge < -0.3 is 14.7 Å². The summed E-state index contributed by atoms with van der Waals surface area (Å²) in [6.45, 7) is 2.29. The van der Waals surface area contributed by atoms with Crippen LogP contribution in [0.1, 0.15) is 31.2 Å². The fraction of sp³-hybridized carbons (Fsp3) is 0.625. The highest BCUT2D eigenvalue weighted by Gasteiger charge is 2.57. The van der Waals surface area contributed by atoms with E-state index in [0.717, 1.165) is 31.7 Å². The van der Waals surface area contributed by atoms with Crippen molar-refractivity contribution in [1.82, 2.24) is 4.90 Å². The summed E-state index contributed by atoms with van der Waals surface area (Å²) < 4.78 is 6.17. The van der Waals surface area contributed by atoms with Crippen molar-refractivity contribution in [3.63, 3.8) is 0 Å². The molecule has 102 valence electrons. The molecular formula is C16H21NO2. The van der Waals surface area contributed by atoms with Crippen LogP contribution in [0, 0.1) is 5.92 Å². The van der Waals surface area contributed by atoms with Gasteiger partial charge in [-0.1, -0.05) is 12.1 Å². The largest absolute Gasteiger partial charge is 0.504 e. The lowest BCUT2D eigenvalue weighted by atomic mass is 9.58. The van der Waals surface area contributed by atoms with Crippen molar-refractivity contribution < 1.29 is 9.84 Å². The molecule has 2 fully saturated rings. The van der Waals surface area contributed by atoms with Crippen LogP contribution in [-0.2, 0) is 5.41 Å². The number of phenols is 1. The van der Waals surface area contributed by atoms with Gasteiger partial charge in [-0.2, -0.15) is 0 Å². The summed E-state index contributed by atoms with van der Waals surface area (Å²) in [5, 5.41) is 10.1. The van der Waals surface area contributed by atoms with E-state index in [9.17, 15) is 5.11 Å². The van der Waals surface area contributed by atoms with Crippen molar-refractivity contribution in [3.05, 3.63) is 23.8 Å². The summed E-state index contributed by atoms with van der Waals surface area (Å²) in [5.74, 6) is 1.76. The number of para-hydroxylation sites is 1. The molecule has 3 aliphatic rings. The molecule has 2 heterocycles. The van der Waals surface area contributed by atoms with Crippen LogP contribution in [0.4, 0.5) is 0 Å². The van der Waals surface area contributed by atoms with Crippen LogP contribution >= 0.6 is 0 Å². The standard InChI is InChI=1S/C16H21NO2/c1-17-9-8-16-11(10-17)4-2-7-14(16)19-15-12(16)5-3-6-13(15)18/h3,5-6,11,14,18H,2,4,7-10H2,1H3/t11-,14?,16-/m0/s1. The quantitative estimate of drug-likeness (QED) is 0.777. The van der Waals surface area contributed by atoms with Gasteiger partial charge in [-0.15, -0.1) is 0 Å². The molecule has 1 saturated carbocycles. The van der Waals surface area contributed by atoms with E-state index in [1.807, 2.05) is 6.07 Å². The number of ether oxygens (including phenoxy) is 1. The van der Waals surface area contributed by atoms with Gasteiger partial charge in [0.05, 0.1) is 0 Å². The summed E-state index contributed by atoms with van der Waals surface area (Å²) in [6.07, 6.45) is 5.12. The molecule has 3 heteroatoms. The number of likely N-dealkylation sites (tertiary alicyclic amines) is 1. The van der Waals surface area contributed by atoms with Crippen molar-refractivity contribution in [2.24, 2.45) is 5.92 Å². The maximum absolute atomic E-state index is 10.1. The number of nitrogens with zero attached hydrogens (tertiary/aromatic N) is 1. The van der Waals surface area contributed by atoms with Crippen LogP contribution in [0.3, 0.4) is 0 Å². The van der Waals surface area contributed by atoms with E-state index in [-0.39, 0.29) is 11.5 Å². The maximum atomic E-state index is 10.1. The lowest BCUT2D eigenvalue weighted by molar-refractivity contribution is -0.000158. The van der Waals surface area contributed by atoms with Crippen molar-refractivity contribution in [1.29, 1.82) is 0 Å². The van der Waals surface area contributed by atoms with Crippen LogP contribution in [0.25, 0.3) is 0 Å². The zero-order chi connectivity index (χ0) is 13.0. The first kappa shape index (κ1) is 11.6. The fourth-order valence-corrected chi connectivity index (χ4v) is 4.64. The average molecular weight is 259 g/mol. The predicted molar refractivity (Wildman–Crippen MR) is 73.7 cm³/mol. The second-order valence-corrected chi connectivity index (χ2v) is 6.44. The Morgan fingerprint density at radius 3 is 3.16 bits per heavy atom. The summed E-state index contributed by atoms with van der Waals surface area (Å²) in [6, 6.07) is 5.90. The van der Waals surface area contributed by atoms with Gasteiger partial charge in [-0.3, -0.25) is 0 Å². The van der Waals surface area contributed by atoms with Crippen LogP contribution in [0.15, 0.2) is 18.2 Å². The smallest absolute Gasteiger partial charge is 0.165 e. The van der Waals surface area contributed by atoms with Crippen molar-refractivity contribution in [2.45, 2.75) is 37.2 Å². The molecule has 1 saturated heterocycles. The van der Waals surface area contributed by atoms with Gasteiger partial charge in [0, 0.05) is 17.5 Å². The highest BCUT2D eigenvalue weighted by molar-refractivity contribution is 5.54. The van der Waals surface area contributed by atoms with Gasteiger partial charge in [-0.25, -0.2) is 0 Å². The number of phenolic OH excluding ortho intramolecular Hbond substituents is 1. The van der Waals surface area contributed by atoms with Crippen molar-refractivity contribution >= 4 is 0 Å². The Hall–Kier alpha value is -1.22. The number of benzene rings is 1. The van der Waals surface area contributed by atoms with E-state index in [2.05, 4.69) is 18.0 Å². The van der Waals surface area contributed by atoms with Crippen LogP contribution in [-0.4, -0.2) is 36.2 Å². The average Bonchev–Trinajstić information content (AvgIpc) is 2.74. The summed E-state index contributed by atoms with van der Waals surface area (Å²) in [4.78, 5) is 2.44. The number of hydrogen-bond donors (Lipinski definition) is 1. The van der Waals surface area contributed by atoms with Crippen LogP contribution in [0.5, 0.6) is 11.5 Å². The second kappa shape index (κ2) is 3.89. The van der Waals surface area contributed by atoms with Crippen LogP contribution < -0.4 is 4.74 Å². The maximum Gasteiger partial charge on any atom is 0.165 e. The third kappa shape index (κ3) is 1.42. The second-order valence-electron chi connectivity index (χ2n) is 6.44. The molecule has 19 heavy (non-hydrogen) atoms. The lowest BCUT2D eigenvalue weighted by Crippen LogP contribution is -2.55. The lowest BCUT2D eigenvalue weighted by Gasteiger charge is -2.50. The minimum Gasteiger partial charge on any atom is -0.504 e. The SMILES string of the molecule is CN1CC[C@]23c4cccc(O)c4OC2CCC[C@H]3C1. The molecule has 1 unspecified atom stereocenters. The molecular weight excluding hydrogens is 238 g/mol. The van der Waals surface area contributed by atoms with E-state index in [4.69, 9.17) is 4.74 Å². The van der Waals surface area contributed by atoms with E-state index in [1.54, 1.807) is 6.07 Å². The molecule has 4 rings (SSSR count). The third-order valence-corrected chi connectivity index (χ3v) is 5.52. The number of piperidine rings is 1. The molecule has 1 aromatic rings. The number of rotatable bonds is 0. The molecule has 1 spiro atoms. The minimum absolute atomic E-state index is 0.166. The van der Waals surface area contributed by atoms with E-state index < -0.39 is 0 Å². The first-order valence-corrected chi connectivity index (χ1v) is 7.39. The van der Waals surface area contributed by atoms with Gasteiger partial charge in [-0.05, 0) is 51.3 Å². The molecule has 2 aliphatic heterocycles. The van der Waals surface area contributed by atoms with Gasteiger partial charge in [0.2, 0.25) is 0 Å². The molecule has 1 N–H and O–H groups in total. The monoisotopic (exact) mass is 259 g/mol. The zero-order valence-electron chi connectivity index (χ0n) is 11.4. The van der Waals surface area contributed by atoms with E-state index in [0.29, 0.717) is 11.7 Å². The molecule has 3 nitrogen and oxygen atoms in total. The minimum atomic E-state index is 0.166. The molecule has 0 bridgehead atoms. The highest BCUT2D eigenvalue weighted by atomic mass is 16.5. The van der Waals surface area contributed by atoms with Crippen LogP contribution in [0.2, 0.25) is 0 Å². The topological polar surface area (TPSA) is 32.7 Å². The molecule has 0 amide bonds. The van der Waals surface area contributed by atoms with Gasteiger partial charge in [0.1, 0.15) is 6.10 Å². The Bertz CT molecular complexity index is 515. The van der Waals surface area contributed by atoms with Crippen molar-refractivity contribution in [2.75, 3.05) is 20.1 Å². The van der Waals surface area contributed by atoms with Gasteiger partial charge in [0.15, 0.2) is 11.5 Å². The Labute approximate surface area is 114 Å². The third-order valence-electron chi connectivity index (χ3n) is 5.52. The Morgan fingerprint density at radius 1 is 1.37 bits per heavy atom. The first-order valence-electron chi connectivity index (χ1n) is 7.39. The Kier molecular flexibility index (Phi) is 2.37. The normalized spacial score (nSPS) is 37.1. The van der Waals surface area contributed by atoms with E-state index in [1.165, 1.54) is 18.4 Å². The molecule has 1 aromatic carbocycles. The molecule has 1 aliphatic carbocycles. The predicted octanol–water partition coefficient (Wildman–Crippen LogP) is 2.53. The molecule has 0 aromatic heterocycles. The first-order chi connectivity index (χ1) is 9.22. The Morgan fingerprint density at radius 2 is 2.26 bits per heavy atom. The number of aromatic hydroxyl groups is 1. The molecule has 0 radical (unpaired) electrons. The van der Waals surface area contributed by atoms with Gasteiger partial charge >= 0.3 is 0 Å². The van der Waals surface area contributed by atoms with Crippen molar-refractivity contribution in [3.8, 4) is 11.5 Å². The zero-order valence-corrected chi connectivity index (χ0v) is 11.4. The fourth-order valence-electron chi connectivity index (χ4n) is 4.64. The summed E-state index contributed by atoms with van der Waals surface area (Å²) in [7, 11) is 2.22. The number of hydrogen-bond acceptors (Lipinski definition) is 3.